The van der Waals surface area contributed by atoms with E-state index in [0.717, 1.165) is 36.9 Å². The van der Waals surface area contributed by atoms with Crippen molar-refractivity contribution in [2.75, 3.05) is 6.61 Å². The predicted octanol–water partition coefficient (Wildman–Crippen LogP) is 4.84. The Hall–Kier alpha value is -2.05. The van der Waals surface area contributed by atoms with Crippen molar-refractivity contribution in [2.45, 2.75) is 25.8 Å². The van der Waals surface area contributed by atoms with Gasteiger partial charge in [-0.3, -0.25) is 0 Å². The molecule has 0 aliphatic rings. The van der Waals surface area contributed by atoms with Gasteiger partial charge < -0.3 is 14.3 Å². The number of aromatic nitrogens is 2. The van der Waals surface area contributed by atoms with E-state index in [4.69, 9.17) is 29.2 Å². The Morgan fingerprint density at radius 3 is 2.67 bits per heavy atom. The van der Waals surface area contributed by atoms with Crippen LogP contribution in [0.5, 0.6) is 0 Å². The number of carbonyl (C=O) groups excluding carboxylic acids is 1. The van der Waals surface area contributed by atoms with Crippen molar-refractivity contribution in [3.63, 3.8) is 0 Å². The first-order chi connectivity index (χ1) is 11.6. The molecule has 0 amide bonds. The normalized spacial score (nSPS) is 10.3. The third-order valence-corrected chi connectivity index (χ3v) is 4.21. The Morgan fingerprint density at radius 1 is 1.21 bits per heavy atom. The van der Waals surface area contributed by atoms with Crippen molar-refractivity contribution in [3.8, 4) is 11.1 Å². The maximum Gasteiger partial charge on any atom is 0.330 e. The molecule has 0 saturated carbocycles. The van der Waals surface area contributed by atoms with Crippen molar-refractivity contribution in [1.29, 1.82) is 0 Å². The first-order valence-corrected chi connectivity index (χ1v) is 8.62. The molecule has 0 aliphatic carbocycles. The number of hydrogen-bond donors (Lipinski definition) is 1. The highest BCUT2D eigenvalue weighted by atomic mass is 32.1. The van der Waals surface area contributed by atoms with E-state index in [1.165, 1.54) is 6.08 Å². The second-order valence-electron chi connectivity index (χ2n) is 5.29. The largest absolute Gasteiger partial charge is 0.463 e. The molecule has 0 unspecified atom stereocenters. The number of nitrogens with zero attached hydrogens (tertiary/aromatic N) is 1. The molecule has 1 N–H and O–H groups in total. The number of esters is 1. The number of aromatic amines is 1. The molecular weight excluding hydrogens is 340 g/mol. The molecule has 2 rings (SSSR count). The fraction of sp³-hybridized carbons (Fsp3) is 0.278. The molecule has 1 aromatic carbocycles. The third-order valence-electron chi connectivity index (χ3n) is 3.55. The van der Waals surface area contributed by atoms with Crippen LogP contribution < -0.4 is 0 Å². The van der Waals surface area contributed by atoms with Gasteiger partial charge in [0.15, 0.2) is 4.77 Å². The van der Waals surface area contributed by atoms with E-state index >= 15 is 0 Å². The van der Waals surface area contributed by atoms with Crippen LogP contribution in [0.4, 0.5) is 0 Å². The summed E-state index contributed by atoms with van der Waals surface area (Å²) in [5.74, 6) is -0.375. The Labute approximate surface area is 151 Å². The lowest BCUT2D eigenvalue weighted by atomic mass is 10.1. The molecule has 0 saturated heterocycles. The minimum Gasteiger partial charge on any atom is -0.463 e. The Bertz CT molecular complexity index is 810. The van der Waals surface area contributed by atoms with Crippen LogP contribution in [-0.2, 0) is 16.1 Å². The van der Waals surface area contributed by atoms with Crippen molar-refractivity contribution in [2.24, 2.45) is 0 Å². The summed E-state index contributed by atoms with van der Waals surface area (Å²) in [7, 11) is 0. The molecule has 2 aromatic rings. The van der Waals surface area contributed by atoms with Crippen LogP contribution in [0.1, 0.15) is 19.3 Å². The molecule has 0 spiro atoms. The number of ether oxygens (including phenoxy) is 1. The molecule has 0 aliphatic heterocycles. The summed E-state index contributed by atoms with van der Waals surface area (Å²) < 4.78 is 8.23. The SMILES string of the molecule is C=CC(=O)OCCCCCn1cc(-c2ccccc2)c(=S)[nH]c1=S. The van der Waals surface area contributed by atoms with Crippen molar-refractivity contribution < 1.29 is 9.53 Å². The zero-order chi connectivity index (χ0) is 17.4. The number of rotatable bonds is 8. The number of aryl methyl sites for hydroxylation is 1. The molecule has 0 radical (unpaired) electrons. The lowest BCUT2D eigenvalue weighted by molar-refractivity contribution is -0.137. The molecule has 0 bridgehead atoms. The van der Waals surface area contributed by atoms with Gasteiger partial charge in [-0.05, 0) is 37.0 Å². The van der Waals surface area contributed by atoms with Gasteiger partial charge in [0, 0.05) is 24.4 Å². The van der Waals surface area contributed by atoms with Crippen LogP contribution >= 0.6 is 24.4 Å². The van der Waals surface area contributed by atoms with Gasteiger partial charge in [0.05, 0.1) is 6.61 Å². The van der Waals surface area contributed by atoms with E-state index in [9.17, 15) is 4.79 Å². The summed E-state index contributed by atoms with van der Waals surface area (Å²) in [6.07, 6.45) is 5.90. The number of unbranched alkanes of at least 4 members (excludes halogenated alkanes) is 2. The van der Waals surface area contributed by atoms with Crippen molar-refractivity contribution >= 4 is 30.4 Å². The highest BCUT2D eigenvalue weighted by Gasteiger charge is 2.03. The average molecular weight is 361 g/mol. The highest BCUT2D eigenvalue weighted by Crippen LogP contribution is 2.19. The molecule has 0 fully saturated rings. The second kappa shape index (κ2) is 9.30. The Balaban J connectivity index is 1.96. The number of nitrogens with one attached hydrogen (secondary N) is 1. The quantitative estimate of drug-likeness (QED) is 0.317. The molecule has 6 heteroatoms. The summed E-state index contributed by atoms with van der Waals surface area (Å²) >= 11 is 10.8. The van der Waals surface area contributed by atoms with E-state index in [1.54, 1.807) is 0 Å². The monoisotopic (exact) mass is 360 g/mol. The number of benzene rings is 1. The fourth-order valence-electron chi connectivity index (χ4n) is 2.29. The molecule has 126 valence electrons. The van der Waals surface area contributed by atoms with Gasteiger partial charge in [-0.1, -0.05) is 49.1 Å². The molecule has 1 heterocycles. The zero-order valence-corrected chi connectivity index (χ0v) is 15.0. The van der Waals surface area contributed by atoms with Crippen LogP contribution in [-0.4, -0.2) is 22.1 Å². The second-order valence-corrected chi connectivity index (χ2v) is 6.09. The number of carbonyl (C=O) groups is 1. The van der Waals surface area contributed by atoms with E-state index < -0.39 is 0 Å². The lowest BCUT2D eigenvalue weighted by Crippen LogP contribution is -2.05. The standard InChI is InChI=1S/C18H20N2O2S2/c1-2-16(21)22-12-8-4-7-11-20-13-15(17(23)19-18(20)24)14-9-5-3-6-10-14/h2-3,5-6,9-10,13H,1,4,7-8,11-12H2,(H,19,23,24). The van der Waals surface area contributed by atoms with E-state index in [1.807, 2.05) is 41.1 Å². The summed E-state index contributed by atoms with van der Waals surface area (Å²) in [5.41, 5.74) is 2.04. The smallest absolute Gasteiger partial charge is 0.330 e. The minimum absolute atomic E-state index is 0.375. The molecule has 0 atom stereocenters. The molecular formula is C18H20N2O2S2. The third kappa shape index (κ3) is 5.25. The average Bonchev–Trinajstić information content (AvgIpc) is 2.60. The minimum atomic E-state index is -0.375. The summed E-state index contributed by atoms with van der Waals surface area (Å²) in [5, 5.41) is 0. The number of H-pyrrole nitrogens is 1. The van der Waals surface area contributed by atoms with E-state index in [0.29, 0.717) is 16.0 Å². The number of hydrogen-bond acceptors (Lipinski definition) is 4. The van der Waals surface area contributed by atoms with Gasteiger partial charge in [0.2, 0.25) is 0 Å². The molecule has 24 heavy (non-hydrogen) atoms. The van der Waals surface area contributed by atoms with Gasteiger partial charge in [-0.2, -0.15) is 0 Å². The first-order valence-electron chi connectivity index (χ1n) is 7.80. The summed E-state index contributed by atoms with van der Waals surface area (Å²) in [6, 6.07) is 10.0. The maximum atomic E-state index is 10.9. The first kappa shape index (κ1) is 18.3. The summed E-state index contributed by atoms with van der Waals surface area (Å²) in [4.78, 5) is 14.0. The van der Waals surface area contributed by atoms with Gasteiger partial charge in [0.25, 0.3) is 0 Å². The van der Waals surface area contributed by atoms with Crippen LogP contribution in [0, 0.1) is 9.41 Å². The Kier molecular flexibility index (Phi) is 7.08. The van der Waals surface area contributed by atoms with Crippen LogP contribution in [0.3, 0.4) is 0 Å². The van der Waals surface area contributed by atoms with Gasteiger partial charge >= 0.3 is 5.97 Å². The van der Waals surface area contributed by atoms with Gasteiger partial charge in [-0.25, -0.2) is 4.79 Å². The van der Waals surface area contributed by atoms with Gasteiger partial charge in [0.1, 0.15) is 4.64 Å². The van der Waals surface area contributed by atoms with Crippen LogP contribution in [0.25, 0.3) is 11.1 Å². The van der Waals surface area contributed by atoms with E-state index in [2.05, 4.69) is 11.6 Å². The Morgan fingerprint density at radius 2 is 1.96 bits per heavy atom. The predicted molar refractivity (Wildman–Crippen MR) is 101 cm³/mol. The van der Waals surface area contributed by atoms with E-state index in [-0.39, 0.29) is 5.97 Å². The molecule has 4 nitrogen and oxygen atoms in total. The maximum absolute atomic E-state index is 10.9. The van der Waals surface area contributed by atoms with Crippen LogP contribution in [0.15, 0.2) is 49.2 Å². The lowest BCUT2D eigenvalue weighted by Gasteiger charge is -2.10. The van der Waals surface area contributed by atoms with Gasteiger partial charge in [-0.15, -0.1) is 0 Å². The molecule has 1 aromatic heterocycles. The summed E-state index contributed by atoms with van der Waals surface area (Å²) in [6.45, 7) is 4.58. The van der Waals surface area contributed by atoms with Crippen LogP contribution in [0.2, 0.25) is 0 Å². The fourth-order valence-corrected chi connectivity index (χ4v) is 2.87. The topological polar surface area (TPSA) is 47.0 Å². The zero-order valence-electron chi connectivity index (χ0n) is 13.4. The highest BCUT2D eigenvalue weighted by molar-refractivity contribution is 7.72. The van der Waals surface area contributed by atoms with Crippen molar-refractivity contribution in [3.05, 3.63) is 58.6 Å². The van der Waals surface area contributed by atoms with Crippen molar-refractivity contribution in [1.82, 2.24) is 9.55 Å².